The van der Waals surface area contributed by atoms with Gasteiger partial charge < -0.3 is 38.6 Å². The van der Waals surface area contributed by atoms with E-state index in [1.807, 2.05) is 0 Å². The zero-order valence-electron chi connectivity index (χ0n) is 11.6. The molecule has 0 saturated heterocycles. The van der Waals surface area contributed by atoms with E-state index in [1.165, 1.54) is 0 Å². The van der Waals surface area contributed by atoms with Crippen molar-refractivity contribution in [3.8, 4) is 0 Å². The van der Waals surface area contributed by atoms with Crippen molar-refractivity contribution in [1.82, 2.24) is 0 Å². The molecule has 0 saturated carbocycles. The average molecular weight is 540 g/mol. The van der Waals surface area contributed by atoms with Gasteiger partial charge in [0.2, 0.25) is 0 Å². The molecule has 0 aliphatic carbocycles. The van der Waals surface area contributed by atoms with Crippen LogP contribution in [0.1, 0.15) is 0 Å². The number of hydrogen-bond donors (Lipinski definition) is 4. The van der Waals surface area contributed by atoms with Crippen molar-refractivity contribution in [3.05, 3.63) is 0 Å². The van der Waals surface area contributed by atoms with Crippen LogP contribution in [0.2, 0.25) is 0 Å². The molecule has 0 aliphatic rings. The Hall–Kier alpha value is 0.168. The molecular weight excluding hydrogens is 528 g/mol. The molecule has 0 bridgehead atoms. The van der Waals surface area contributed by atoms with Crippen LogP contribution < -0.4 is 0 Å². The summed E-state index contributed by atoms with van der Waals surface area (Å²) in [5.41, 5.74) is 0. The molecule has 16 nitrogen and oxygen atoms in total. The van der Waals surface area contributed by atoms with Crippen molar-refractivity contribution in [1.29, 1.82) is 0 Å². The molecule has 0 atom stereocenters. The van der Waals surface area contributed by atoms with E-state index in [4.69, 9.17) is 20.4 Å². The number of aliphatic hydroxyl groups is 4. The summed E-state index contributed by atoms with van der Waals surface area (Å²) >= 11 is 0. The van der Waals surface area contributed by atoms with Crippen LogP contribution in [0.5, 0.6) is 0 Å². The van der Waals surface area contributed by atoms with Gasteiger partial charge in [0.05, 0.1) is 0 Å². The second kappa shape index (κ2) is 16.3. The van der Waals surface area contributed by atoms with Gasteiger partial charge in [-0.25, -0.2) is 33.7 Å². The smallest absolute Gasteiger partial charge is 0.746 e. The molecule has 0 radical (unpaired) electrons. The van der Waals surface area contributed by atoms with Crippen LogP contribution in [-0.4, -0.2) is 96.1 Å². The maximum Gasteiger partial charge on any atom is 4.00 e. The van der Waals surface area contributed by atoms with E-state index in [-0.39, 0.29) is 21.1 Å². The summed E-state index contributed by atoms with van der Waals surface area (Å²) < 4.78 is 110. The van der Waals surface area contributed by atoms with E-state index in [0.29, 0.717) is 0 Å². The summed E-state index contributed by atoms with van der Waals surface area (Å²) in [6.45, 7) is 0. The van der Waals surface area contributed by atoms with Gasteiger partial charge in [0.15, 0.2) is 0 Å². The quantitative estimate of drug-likeness (QED) is 0.190. The van der Waals surface area contributed by atoms with E-state index >= 15 is 0 Å². The Morgan fingerprint density at radius 2 is 0.480 bits per heavy atom. The predicted molar refractivity (Wildman–Crippen MR) is 67.1 cm³/mol. The molecule has 0 fully saturated rings. The van der Waals surface area contributed by atoms with Gasteiger partial charge in [-0.1, -0.05) is 0 Å². The van der Waals surface area contributed by atoms with Crippen LogP contribution >= 0.6 is 0 Å². The first kappa shape index (κ1) is 36.1. The molecular formula is C4H12MoO16S4. The molecule has 0 aliphatic heterocycles. The van der Waals surface area contributed by atoms with Crippen molar-refractivity contribution in [3.63, 3.8) is 0 Å². The molecule has 25 heavy (non-hydrogen) atoms. The largest absolute Gasteiger partial charge is 4.00 e. The molecule has 0 unspecified atom stereocenters. The molecule has 0 aromatic carbocycles. The molecule has 0 aromatic heterocycles. The van der Waals surface area contributed by atoms with Gasteiger partial charge in [-0.2, -0.15) is 0 Å². The van der Waals surface area contributed by atoms with E-state index < -0.39 is 64.2 Å². The van der Waals surface area contributed by atoms with Gasteiger partial charge >= 0.3 is 21.1 Å². The van der Waals surface area contributed by atoms with Crippen LogP contribution in [0.15, 0.2) is 0 Å². The van der Waals surface area contributed by atoms with Crippen LogP contribution in [0, 0.1) is 0 Å². The zero-order chi connectivity index (χ0) is 20.8. The molecule has 0 heterocycles. The summed E-state index contributed by atoms with van der Waals surface area (Å²) in [6.07, 6.45) is 0. The van der Waals surface area contributed by atoms with E-state index in [9.17, 15) is 51.9 Å². The van der Waals surface area contributed by atoms with Gasteiger partial charge in [0.25, 0.3) is 0 Å². The minimum Gasteiger partial charge on any atom is -0.746 e. The van der Waals surface area contributed by atoms with Crippen molar-refractivity contribution in [2.75, 3.05) is 23.8 Å². The SMILES string of the molecule is O=S(=O)([O-])CO.O=S(=O)([O-])CO.O=S(=O)([O-])CO.O=S(=O)([O-])CO.[Mo+4]. The standard InChI is InChI=1S/4CH4O4S.Mo/c4*2-1-6(3,4)5;/h4*2H,1H2,(H,3,4,5);/q;;;;+4/p-4. The van der Waals surface area contributed by atoms with Crippen LogP contribution in [-0.2, 0) is 61.5 Å². The first-order chi connectivity index (χ1) is 10.2. The molecule has 0 aromatic rings. The molecule has 4 N–H and O–H groups in total. The summed E-state index contributed by atoms with van der Waals surface area (Å²) in [5, 5.41) is 30.0. The second-order valence-electron chi connectivity index (χ2n) is 2.75. The Bertz CT molecular complexity index is 572. The molecule has 21 heteroatoms. The van der Waals surface area contributed by atoms with Crippen LogP contribution in [0.3, 0.4) is 0 Å². The maximum absolute atomic E-state index is 9.19. The van der Waals surface area contributed by atoms with E-state index in [0.717, 1.165) is 0 Å². The fourth-order valence-corrected chi connectivity index (χ4v) is 0. The minimum atomic E-state index is -4.36. The van der Waals surface area contributed by atoms with Gasteiger partial charge in [0, 0.05) is 0 Å². The topological polar surface area (TPSA) is 310 Å². The predicted octanol–water partition coefficient (Wildman–Crippen LogP) is -6.08. The number of rotatable bonds is 4. The number of aliphatic hydroxyl groups excluding tert-OH is 4. The van der Waals surface area contributed by atoms with Gasteiger partial charge in [-0.15, -0.1) is 0 Å². The second-order valence-corrected chi connectivity index (χ2v) is 8.24. The van der Waals surface area contributed by atoms with E-state index in [1.54, 1.807) is 0 Å². The first-order valence-corrected chi connectivity index (χ1v) is 10.7. The van der Waals surface area contributed by atoms with Crippen LogP contribution in [0.25, 0.3) is 0 Å². The third kappa shape index (κ3) is 80.2. The Morgan fingerprint density at radius 1 is 0.440 bits per heavy atom. The fourth-order valence-electron chi connectivity index (χ4n) is 0. The summed E-state index contributed by atoms with van der Waals surface area (Å²) in [7, 11) is -17.4. The molecule has 154 valence electrons. The Kier molecular flexibility index (Phi) is 23.6. The fraction of sp³-hybridized carbons (Fsp3) is 1.00. The zero-order valence-corrected chi connectivity index (χ0v) is 16.8. The van der Waals surface area contributed by atoms with E-state index in [2.05, 4.69) is 0 Å². The molecule has 0 rings (SSSR count). The van der Waals surface area contributed by atoms with Crippen molar-refractivity contribution in [2.24, 2.45) is 0 Å². The third-order valence-electron chi connectivity index (χ3n) is 0.632. The Morgan fingerprint density at radius 3 is 0.480 bits per heavy atom. The molecule has 0 spiro atoms. The molecule has 0 amide bonds. The Balaban J connectivity index is -0.0000000702. The van der Waals surface area contributed by atoms with Crippen molar-refractivity contribution >= 4 is 40.5 Å². The average Bonchev–Trinajstić information content (AvgIpc) is 2.37. The number of hydrogen-bond acceptors (Lipinski definition) is 16. The first-order valence-electron chi connectivity index (χ1n) is 4.42. The van der Waals surface area contributed by atoms with Gasteiger partial charge in [-0.3, -0.25) is 0 Å². The summed E-state index contributed by atoms with van der Waals surface area (Å²) in [5.74, 6) is -5.25. The Labute approximate surface area is 157 Å². The maximum atomic E-state index is 9.19. The van der Waals surface area contributed by atoms with Crippen molar-refractivity contribution in [2.45, 2.75) is 0 Å². The van der Waals surface area contributed by atoms with Gasteiger partial charge in [0.1, 0.15) is 64.2 Å². The van der Waals surface area contributed by atoms with Crippen LogP contribution in [0.4, 0.5) is 0 Å². The summed E-state index contributed by atoms with van der Waals surface area (Å²) in [6, 6.07) is 0. The minimum absolute atomic E-state index is 0. The van der Waals surface area contributed by atoms with Crippen molar-refractivity contribution < 1.29 is 93.4 Å². The third-order valence-corrected chi connectivity index (χ3v) is 1.90. The normalized spacial score (nSPS) is 11.2. The monoisotopic (exact) mass is 542 g/mol. The summed E-state index contributed by atoms with van der Waals surface area (Å²) in [4.78, 5) is 0. The van der Waals surface area contributed by atoms with Gasteiger partial charge in [-0.05, 0) is 0 Å².